The predicted molar refractivity (Wildman–Crippen MR) is 84.9 cm³/mol. The van der Waals surface area contributed by atoms with Gasteiger partial charge in [-0.3, -0.25) is 4.79 Å². The van der Waals surface area contributed by atoms with Crippen LogP contribution in [0.25, 0.3) is 16.3 Å². The molecule has 1 saturated heterocycles. The Morgan fingerprint density at radius 3 is 2.58 bits per heavy atom. The van der Waals surface area contributed by atoms with E-state index in [-0.39, 0.29) is 5.91 Å². The predicted octanol–water partition coefficient (Wildman–Crippen LogP) is 3.72. The molecule has 1 N–H and O–H groups in total. The maximum absolute atomic E-state index is 11.8. The van der Waals surface area contributed by atoms with E-state index in [4.69, 9.17) is 12.2 Å². The average Bonchev–Trinajstić information content (AvgIpc) is 2.76. The number of carbonyl (C=O) groups excluding carboxylic acids is 1. The van der Waals surface area contributed by atoms with E-state index in [1.54, 1.807) is 0 Å². The zero-order chi connectivity index (χ0) is 13.4. The average molecular weight is 285 g/mol. The van der Waals surface area contributed by atoms with Crippen molar-refractivity contribution in [3.05, 3.63) is 52.9 Å². The van der Waals surface area contributed by atoms with Gasteiger partial charge in [-0.15, -0.1) is 0 Å². The first-order valence-corrected chi connectivity index (χ1v) is 7.11. The van der Waals surface area contributed by atoms with Crippen LogP contribution in [-0.2, 0) is 4.79 Å². The molecule has 0 aliphatic carbocycles. The molecule has 0 bridgehead atoms. The summed E-state index contributed by atoms with van der Waals surface area (Å²) in [7, 11) is 0. The molecule has 1 fully saturated rings. The first-order valence-electron chi connectivity index (χ1n) is 5.88. The summed E-state index contributed by atoms with van der Waals surface area (Å²) >= 11 is 6.35. The molecule has 0 atom stereocenters. The number of thiocarbonyl (C=S) groups is 1. The van der Waals surface area contributed by atoms with E-state index in [0.717, 1.165) is 11.1 Å². The molecule has 19 heavy (non-hydrogen) atoms. The minimum absolute atomic E-state index is 0.0966. The van der Waals surface area contributed by atoms with Crippen LogP contribution in [0.4, 0.5) is 0 Å². The van der Waals surface area contributed by atoms with Gasteiger partial charge in [-0.2, -0.15) is 0 Å². The zero-order valence-electron chi connectivity index (χ0n) is 10.3. The van der Waals surface area contributed by atoms with Crippen LogP contribution in [0.15, 0.2) is 47.4 Å². The summed E-state index contributed by atoms with van der Waals surface area (Å²) in [5.41, 5.74) is 2.02. The number of allylic oxidation sites excluding steroid dienone is 1. The van der Waals surface area contributed by atoms with Gasteiger partial charge in [-0.1, -0.05) is 60.4 Å². The number of benzene rings is 2. The number of thioether (sulfide) groups is 1. The standard InChI is InChI=1S/C15H11NOS2/c1-9(13-14(17)16-15(18)19-13)11-7-6-10-4-2-3-5-12(10)8-11/h2-8H,1H3,(H,16,17,18)/b13-9-. The minimum Gasteiger partial charge on any atom is -0.307 e. The number of fused-ring (bicyclic) bond motifs is 1. The molecule has 0 unspecified atom stereocenters. The molecular weight excluding hydrogens is 274 g/mol. The SMILES string of the molecule is C/C(=C1/SC(=S)NC1=O)c1ccc2ccccc2c1. The Kier molecular flexibility index (Phi) is 3.12. The highest BCUT2D eigenvalue weighted by molar-refractivity contribution is 8.26. The number of hydrogen-bond acceptors (Lipinski definition) is 3. The molecular formula is C15H11NOS2. The Morgan fingerprint density at radius 2 is 1.89 bits per heavy atom. The first kappa shape index (κ1) is 12.4. The van der Waals surface area contributed by atoms with E-state index in [0.29, 0.717) is 9.23 Å². The summed E-state index contributed by atoms with van der Waals surface area (Å²) < 4.78 is 0.528. The highest BCUT2D eigenvalue weighted by atomic mass is 32.2. The molecule has 0 saturated carbocycles. The molecule has 1 aliphatic rings. The topological polar surface area (TPSA) is 29.1 Å². The van der Waals surface area contributed by atoms with E-state index in [2.05, 4.69) is 29.6 Å². The number of amides is 1. The van der Waals surface area contributed by atoms with Crippen LogP contribution in [-0.4, -0.2) is 10.2 Å². The van der Waals surface area contributed by atoms with Gasteiger partial charge in [0.25, 0.3) is 5.91 Å². The Balaban J connectivity index is 2.11. The van der Waals surface area contributed by atoms with Gasteiger partial charge >= 0.3 is 0 Å². The maximum atomic E-state index is 11.8. The summed E-state index contributed by atoms with van der Waals surface area (Å²) in [5, 5.41) is 5.02. The van der Waals surface area contributed by atoms with Crippen LogP contribution in [0.2, 0.25) is 0 Å². The minimum atomic E-state index is -0.0966. The molecule has 2 aromatic rings. The van der Waals surface area contributed by atoms with E-state index in [9.17, 15) is 4.79 Å². The molecule has 1 amide bonds. The largest absolute Gasteiger partial charge is 0.307 e. The van der Waals surface area contributed by atoms with Crippen molar-refractivity contribution < 1.29 is 4.79 Å². The van der Waals surface area contributed by atoms with Crippen molar-refractivity contribution in [2.24, 2.45) is 0 Å². The van der Waals surface area contributed by atoms with Gasteiger partial charge in [0.1, 0.15) is 4.32 Å². The molecule has 2 nitrogen and oxygen atoms in total. The number of rotatable bonds is 1. The van der Waals surface area contributed by atoms with Crippen molar-refractivity contribution >= 4 is 50.6 Å². The van der Waals surface area contributed by atoms with Crippen LogP contribution in [0.5, 0.6) is 0 Å². The lowest BCUT2D eigenvalue weighted by atomic mass is 10.0. The second kappa shape index (κ2) is 4.79. The smallest absolute Gasteiger partial charge is 0.263 e. The van der Waals surface area contributed by atoms with E-state index in [1.807, 2.05) is 25.1 Å². The van der Waals surface area contributed by atoms with Crippen LogP contribution in [0.1, 0.15) is 12.5 Å². The lowest BCUT2D eigenvalue weighted by molar-refractivity contribution is -0.115. The van der Waals surface area contributed by atoms with Gasteiger partial charge in [0.15, 0.2) is 0 Å². The maximum Gasteiger partial charge on any atom is 0.263 e. The van der Waals surface area contributed by atoms with Crippen molar-refractivity contribution in [1.29, 1.82) is 0 Å². The summed E-state index contributed by atoms with van der Waals surface area (Å²) in [6, 6.07) is 14.4. The molecule has 94 valence electrons. The van der Waals surface area contributed by atoms with E-state index < -0.39 is 0 Å². The Hall–Kier alpha value is -1.65. The third-order valence-corrected chi connectivity index (χ3v) is 4.47. The lowest BCUT2D eigenvalue weighted by Gasteiger charge is -2.06. The van der Waals surface area contributed by atoms with Crippen molar-refractivity contribution in [3.8, 4) is 0 Å². The number of hydrogen-bond donors (Lipinski definition) is 1. The monoisotopic (exact) mass is 285 g/mol. The van der Waals surface area contributed by atoms with Gasteiger partial charge in [-0.05, 0) is 34.9 Å². The van der Waals surface area contributed by atoms with Crippen molar-refractivity contribution in [2.45, 2.75) is 6.92 Å². The molecule has 0 radical (unpaired) electrons. The Morgan fingerprint density at radius 1 is 1.16 bits per heavy atom. The molecule has 0 aromatic heterocycles. The van der Waals surface area contributed by atoms with E-state index in [1.165, 1.54) is 22.5 Å². The highest BCUT2D eigenvalue weighted by Crippen LogP contribution is 2.32. The van der Waals surface area contributed by atoms with Crippen molar-refractivity contribution in [2.75, 3.05) is 0 Å². The van der Waals surface area contributed by atoms with Gasteiger partial charge in [0.05, 0.1) is 4.91 Å². The highest BCUT2D eigenvalue weighted by Gasteiger charge is 2.24. The second-order valence-corrected chi connectivity index (χ2v) is 6.05. The van der Waals surface area contributed by atoms with Gasteiger partial charge in [0.2, 0.25) is 0 Å². The quantitative estimate of drug-likeness (QED) is 0.639. The molecule has 3 rings (SSSR count). The first-order chi connectivity index (χ1) is 9.15. The molecule has 4 heteroatoms. The van der Waals surface area contributed by atoms with Gasteiger partial charge in [0, 0.05) is 0 Å². The van der Waals surface area contributed by atoms with Gasteiger partial charge in [-0.25, -0.2) is 0 Å². The number of carbonyl (C=O) groups is 1. The fourth-order valence-corrected chi connectivity index (χ4v) is 3.20. The Labute approximate surface area is 120 Å². The third kappa shape index (κ3) is 2.29. The Bertz CT molecular complexity index is 734. The summed E-state index contributed by atoms with van der Waals surface area (Å²) in [5.74, 6) is -0.0966. The number of nitrogens with one attached hydrogen (secondary N) is 1. The third-order valence-electron chi connectivity index (χ3n) is 3.14. The zero-order valence-corrected chi connectivity index (χ0v) is 11.9. The second-order valence-electron chi connectivity index (χ2n) is 4.36. The van der Waals surface area contributed by atoms with Crippen molar-refractivity contribution in [1.82, 2.24) is 5.32 Å². The van der Waals surface area contributed by atoms with Crippen LogP contribution in [0, 0.1) is 0 Å². The molecule has 1 heterocycles. The lowest BCUT2D eigenvalue weighted by Crippen LogP contribution is -2.18. The van der Waals surface area contributed by atoms with Crippen LogP contribution >= 0.6 is 24.0 Å². The summed E-state index contributed by atoms with van der Waals surface area (Å²) in [4.78, 5) is 12.5. The van der Waals surface area contributed by atoms with Crippen LogP contribution in [0.3, 0.4) is 0 Å². The van der Waals surface area contributed by atoms with Gasteiger partial charge < -0.3 is 5.32 Å². The summed E-state index contributed by atoms with van der Waals surface area (Å²) in [6.45, 7) is 1.96. The van der Waals surface area contributed by atoms with E-state index >= 15 is 0 Å². The molecule has 0 spiro atoms. The molecule has 2 aromatic carbocycles. The fourth-order valence-electron chi connectivity index (χ4n) is 2.11. The normalized spacial score (nSPS) is 17.7. The van der Waals surface area contributed by atoms with Crippen molar-refractivity contribution in [3.63, 3.8) is 0 Å². The summed E-state index contributed by atoms with van der Waals surface area (Å²) in [6.07, 6.45) is 0. The fraction of sp³-hybridized carbons (Fsp3) is 0.0667. The van der Waals surface area contributed by atoms with Crippen LogP contribution < -0.4 is 5.32 Å². The molecule has 1 aliphatic heterocycles.